The maximum absolute atomic E-state index is 13.1. The number of benzene rings is 1. The third-order valence-corrected chi connectivity index (χ3v) is 8.88. The Bertz CT molecular complexity index is 1160. The van der Waals surface area contributed by atoms with E-state index in [2.05, 4.69) is 45.6 Å². The second kappa shape index (κ2) is 16.9. The summed E-state index contributed by atoms with van der Waals surface area (Å²) >= 11 is 0. The highest BCUT2D eigenvalue weighted by molar-refractivity contribution is 7.83. The summed E-state index contributed by atoms with van der Waals surface area (Å²) in [5.74, 6) is 1.43. The van der Waals surface area contributed by atoms with Crippen LogP contribution in [-0.2, 0) is 20.5 Å². The van der Waals surface area contributed by atoms with Gasteiger partial charge in [-0.25, -0.2) is 13.9 Å². The molecule has 10 heteroatoms. The van der Waals surface area contributed by atoms with Crippen LogP contribution in [0.5, 0.6) is 0 Å². The molecule has 234 valence electrons. The lowest BCUT2D eigenvalue weighted by molar-refractivity contribution is -0.119. The van der Waals surface area contributed by atoms with Crippen LogP contribution in [0.1, 0.15) is 67.2 Å². The number of likely N-dealkylation sites (N-methyl/N-ethyl adjacent to an activating group) is 1. The number of nitrogens with zero attached hydrogens (tertiary/aromatic N) is 4. The van der Waals surface area contributed by atoms with E-state index in [1.54, 1.807) is 11.1 Å². The first kappa shape index (κ1) is 34.0. The van der Waals surface area contributed by atoms with Gasteiger partial charge in [0.05, 0.1) is 22.5 Å². The molecule has 2 N–H and O–H groups in total. The van der Waals surface area contributed by atoms with Gasteiger partial charge in [-0.05, 0) is 69.8 Å². The molecule has 0 bridgehead atoms. The summed E-state index contributed by atoms with van der Waals surface area (Å²) in [5.41, 5.74) is 2.62. The Balaban J connectivity index is 0.00000237. The Hall–Kier alpha value is -2.53. The number of ether oxygens (including phenoxy) is 1. The van der Waals surface area contributed by atoms with Gasteiger partial charge in [0.2, 0.25) is 5.91 Å². The molecule has 9 nitrogen and oxygen atoms in total. The lowest BCUT2D eigenvalue weighted by Gasteiger charge is -2.45. The van der Waals surface area contributed by atoms with Crippen molar-refractivity contribution in [1.82, 2.24) is 14.6 Å². The fourth-order valence-corrected chi connectivity index (χ4v) is 6.36. The van der Waals surface area contributed by atoms with Crippen LogP contribution in [0.4, 0.5) is 22.9 Å². The van der Waals surface area contributed by atoms with E-state index >= 15 is 0 Å². The molecular weight excluding hydrogens is 548 g/mol. The number of fused-ring (bicyclic) bond motifs is 1. The minimum Gasteiger partial charge on any atom is -0.381 e. The standard InChI is InChI=1S/C30H46N6O3S.C2H6/c1-6-14-35(15-10-22(2)3)16-13-32-40(38)26-9-7-8-24(19-26)33-29-20-27-28(21-31-29)34(5)30(37)23(4)36(27)25-11-17-39-18-12-25;1-2/h7-9,19-23,25,32H,6,10-18H2,1-5H3,(H,31,33);1-2H3. The number of nitrogens with one attached hydrogen (secondary N) is 2. The predicted octanol–water partition coefficient (Wildman–Crippen LogP) is 5.57. The number of carbonyl (C=O) groups excluding carboxylic acids is 1. The van der Waals surface area contributed by atoms with Crippen LogP contribution in [0.15, 0.2) is 41.4 Å². The summed E-state index contributed by atoms with van der Waals surface area (Å²) in [4.78, 5) is 24.7. The average molecular weight is 601 g/mol. The Morgan fingerprint density at radius 2 is 1.86 bits per heavy atom. The summed E-state index contributed by atoms with van der Waals surface area (Å²) in [6.45, 7) is 17.8. The molecule has 1 saturated heterocycles. The van der Waals surface area contributed by atoms with E-state index in [-0.39, 0.29) is 18.0 Å². The van der Waals surface area contributed by atoms with Crippen molar-refractivity contribution in [1.29, 1.82) is 0 Å². The van der Waals surface area contributed by atoms with E-state index in [0.717, 1.165) is 60.9 Å². The van der Waals surface area contributed by atoms with Crippen molar-refractivity contribution in [2.75, 3.05) is 61.6 Å². The summed E-state index contributed by atoms with van der Waals surface area (Å²) in [5, 5.41) is 3.40. The first-order chi connectivity index (χ1) is 20.3. The molecule has 0 radical (unpaired) electrons. The van der Waals surface area contributed by atoms with E-state index in [9.17, 15) is 9.00 Å². The molecule has 1 amide bonds. The van der Waals surface area contributed by atoms with Crippen LogP contribution in [0.25, 0.3) is 0 Å². The largest absolute Gasteiger partial charge is 0.381 e. The van der Waals surface area contributed by atoms with Gasteiger partial charge in [0.1, 0.15) is 22.8 Å². The molecule has 2 unspecified atom stereocenters. The molecule has 1 fully saturated rings. The van der Waals surface area contributed by atoms with Gasteiger partial charge in [0, 0.05) is 51.1 Å². The molecule has 0 spiro atoms. The van der Waals surface area contributed by atoms with E-state index in [1.807, 2.05) is 58.2 Å². The van der Waals surface area contributed by atoms with E-state index in [4.69, 9.17) is 4.74 Å². The Kier molecular flexibility index (Phi) is 13.7. The van der Waals surface area contributed by atoms with Crippen LogP contribution < -0.4 is 19.8 Å². The molecule has 4 rings (SSSR count). The molecule has 2 atom stereocenters. The molecular formula is C32H52N6O3S. The zero-order valence-electron chi connectivity index (χ0n) is 26.7. The van der Waals surface area contributed by atoms with Gasteiger partial charge in [-0.15, -0.1) is 0 Å². The number of carbonyl (C=O) groups is 1. The molecule has 2 aliphatic rings. The number of anilines is 4. The first-order valence-corrected chi connectivity index (χ1v) is 16.8. The van der Waals surface area contributed by atoms with Crippen LogP contribution in [0.3, 0.4) is 0 Å². The van der Waals surface area contributed by atoms with Crippen molar-refractivity contribution in [3.63, 3.8) is 0 Å². The van der Waals surface area contributed by atoms with Crippen molar-refractivity contribution >= 4 is 39.8 Å². The normalized spacial score (nSPS) is 18.1. The van der Waals surface area contributed by atoms with E-state index in [1.165, 1.54) is 6.42 Å². The fraction of sp³-hybridized carbons (Fsp3) is 0.625. The summed E-state index contributed by atoms with van der Waals surface area (Å²) in [6, 6.07) is 9.65. The number of amides is 1. The van der Waals surface area contributed by atoms with Gasteiger partial charge in [-0.2, -0.15) is 0 Å². The number of rotatable bonds is 13. The SMILES string of the molecule is CC.CCCN(CCNS(=O)c1cccc(Nc2cc3c(cn2)N(C)C(=O)C(C)N3C2CCOCC2)c1)CCC(C)C. The van der Waals surface area contributed by atoms with Gasteiger partial charge >= 0.3 is 0 Å². The third-order valence-electron chi connectivity index (χ3n) is 7.73. The molecule has 1 aromatic carbocycles. The van der Waals surface area contributed by atoms with Crippen LogP contribution >= 0.6 is 0 Å². The Morgan fingerprint density at radius 1 is 1.12 bits per heavy atom. The van der Waals surface area contributed by atoms with Crippen molar-refractivity contribution in [3.05, 3.63) is 36.5 Å². The highest BCUT2D eigenvalue weighted by Crippen LogP contribution is 2.39. The predicted molar refractivity (Wildman–Crippen MR) is 175 cm³/mol. The zero-order valence-corrected chi connectivity index (χ0v) is 27.5. The molecule has 0 aliphatic carbocycles. The highest BCUT2D eigenvalue weighted by Gasteiger charge is 2.38. The van der Waals surface area contributed by atoms with Gasteiger partial charge < -0.3 is 24.8 Å². The number of aromatic nitrogens is 1. The molecule has 3 heterocycles. The van der Waals surface area contributed by atoms with Crippen molar-refractivity contribution < 1.29 is 13.7 Å². The fourth-order valence-electron chi connectivity index (χ4n) is 5.48. The Labute approximate surface area is 256 Å². The van der Waals surface area contributed by atoms with Gasteiger partial charge in [0.15, 0.2) is 0 Å². The number of hydrogen-bond acceptors (Lipinski definition) is 7. The van der Waals surface area contributed by atoms with Crippen molar-refractivity contribution in [2.24, 2.45) is 5.92 Å². The minimum absolute atomic E-state index is 0.0712. The maximum atomic E-state index is 13.1. The average Bonchev–Trinajstić information content (AvgIpc) is 3.00. The van der Waals surface area contributed by atoms with E-state index < -0.39 is 11.0 Å². The monoisotopic (exact) mass is 600 g/mol. The third kappa shape index (κ3) is 8.99. The maximum Gasteiger partial charge on any atom is 0.249 e. The smallest absolute Gasteiger partial charge is 0.249 e. The lowest BCUT2D eigenvalue weighted by atomic mass is 10.00. The summed E-state index contributed by atoms with van der Waals surface area (Å²) in [7, 11) is 0.500. The Morgan fingerprint density at radius 3 is 2.55 bits per heavy atom. The molecule has 42 heavy (non-hydrogen) atoms. The number of pyridine rings is 1. The van der Waals surface area contributed by atoms with E-state index in [0.29, 0.717) is 31.5 Å². The number of hydrogen-bond donors (Lipinski definition) is 2. The van der Waals surface area contributed by atoms with Crippen LogP contribution in [-0.4, -0.2) is 78.5 Å². The van der Waals surface area contributed by atoms with Crippen molar-refractivity contribution in [2.45, 2.75) is 84.2 Å². The highest BCUT2D eigenvalue weighted by atomic mass is 32.2. The minimum atomic E-state index is -1.31. The van der Waals surface area contributed by atoms with Gasteiger partial charge in [-0.3, -0.25) is 4.79 Å². The molecule has 2 aliphatic heterocycles. The van der Waals surface area contributed by atoms with Crippen LogP contribution in [0, 0.1) is 5.92 Å². The summed E-state index contributed by atoms with van der Waals surface area (Å²) < 4.78 is 21.8. The second-order valence-electron chi connectivity index (χ2n) is 11.2. The van der Waals surface area contributed by atoms with Crippen LogP contribution in [0.2, 0.25) is 0 Å². The molecule has 2 aromatic rings. The first-order valence-electron chi connectivity index (χ1n) is 15.7. The topological polar surface area (TPSA) is 90.0 Å². The summed E-state index contributed by atoms with van der Waals surface area (Å²) in [6.07, 6.45) is 5.83. The molecule has 1 aromatic heterocycles. The zero-order chi connectivity index (χ0) is 30.6. The lowest BCUT2D eigenvalue weighted by Crippen LogP contribution is -2.55. The molecule has 0 saturated carbocycles. The quantitative estimate of drug-likeness (QED) is 0.311. The van der Waals surface area contributed by atoms with Gasteiger partial charge in [-0.1, -0.05) is 40.7 Å². The van der Waals surface area contributed by atoms with Crippen molar-refractivity contribution in [3.8, 4) is 0 Å². The second-order valence-corrected chi connectivity index (χ2v) is 12.5. The van der Waals surface area contributed by atoms with Gasteiger partial charge in [0.25, 0.3) is 0 Å².